The fourth-order valence-electron chi connectivity index (χ4n) is 4.98. The summed E-state index contributed by atoms with van der Waals surface area (Å²) in [4.78, 5) is 26.5. The van der Waals surface area contributed by atoms with Crippen molar-refractivity contribution < 1.29 is 14.0 Å². The van der Waals surface area contributed by atoms with Crippen molar-refractivity contribution in [1.29, 1.82) is 0 Å². The van der Waals surface area contributed by atoms with Crippen LogP contribution in [-0.4, -0.2) is 29.3 Å². The van der Waals surface area contributed by atoms with Gasteiger partial charge in [0.25, 0.3) is 0 Å². The number of aryl methyl sites for hydroxylation is 2. The Balaban J connectivity index is 1.26. The van der Waals surface area contributed by atoms with E-state index in [1.807, 2.05) is 24.3 Å². The zero-order valence-corrected chi connectivity index (χ0v) is 17.5. The van der Waals surface area contributed by atoms with Crippen LogP contribution in [0, 0.1) is 0 Å². The molecule has 3 N–H and O–H groups in total. The summed E-state index contributed by atoms with van der Waals surface area (Å²) in [5.74, 6) is -0.337. The number of nitrogens with two attached hydrogens (primary N) is 1. The first-order valence-corrected chi connectivity index (χ1v) is 11.0. The third-order valence-electron chi connectivity index (χ3n) is 6.51. The second-order valence-corrected chi connectivity index (χ2v) is 8.69. The number of furan rings is 1. The Bertz CT molecular complexity index is 1150. The number of fused-ring (bicyclic) bond motifs is 2. The summed E-state index contributed by atoms with van der Waals surface area (Å²) in [6, 6.07) is 11.9. The zero-order chi connectivity index (χ0) is 21.4. The van der Waals surface area contributed by atoms with Crippen molar-refractivity contribution in [3.05, 3.63) is 64.9 Å². The van der Waals surface area contributed by atoms with E-state index in [-0.39, 0.29) is 24.3 Å². The number of anilines is 1. The largest absolute Gasteiger partial charge is 0.464 e. The van der Waals surface area contributed by atoms with Gasteiger partial charge in [-0.2, -0.15) is 0 Å². The van der Waals surface area contributed by atoms with Crippen LogP contribution >= 0.6 is 0 Å². The predicted molar refractivity (Wildman–Crippen MR) is 120 cm³/mol. The van der Waals surface area contributed by atoms with E-state index in [1.54, 1.807) is 6.26 Å². The minimum atomic E-state index is -0.264. The van der Waals surface area contributed by atoms with Crippen LogP contribution in [0.3, 0.4) is 0 Å². The number of hydrogen-bond donors (Lipinski definition) is 2. The molecular weight excluding hydrogens is 390 g/mol. The molecule has 1 aliphatic heterocycles. The van der Waals surface area contributed by atoms with Gasteiger partial charge in [-0.3, -0.25) is 14.5 Å². The molecule has 0 bridgehead atoms. The summed E-state index contributed by atoms with van der Waals surface area (Å²) in [5, 5.41) is 4.04. The minimum Gasteiger partial charge on any atom is -0.464 e. The lowest BCUT2D eigenvalue weighted by atomic mass is 10.0. The maximum Gasteiger partial charge on any atom is 0.234 e. The van der Waals surface area contributed by atoms with Crippen LogP contribution in [0.4, 0.5) is 5.69 Å². The average Bonchev–Trinajstić information content (AvgIpc) is 3.47. The van der Waals surface area contributed by atoms with E-state index in [2.05, 4.69) is 22.3 Å². The number of hydrogen-bond acceptors (Lipinski definition) is 4. The fourth-order valence-corrected chi connectivity index (χ4v) is 4.98. The monoisotopic (exact) mass is 417 g/mol. The molecule has 6 nitrogen and oxygen atoms in total. The first-order valence-electron chi connectivity index (χ1n) is 11.0. The van der Waals surface area contributed by atoms with E-state index in [0.717, 1.165) is 60.0 Å². The molecule has 1 aliphatic carbocycles. The van der Waals surface area contributed by atoms with Gasteiger partial charge in [0.15, 0.2) is 0 Å². The summed E-state index contributed by atoms with van der Waals surface area (Å²) in [6.07, 6.45) is 7.16. The summed E-state index contributed by atoms with van der Waals surface area (Å²) in [5.41, 5.74) is 11.9. The van der Waals surface area contributed by atoms with Gasteiger partial charge in [0.05, 0.1) is 18.7 Å². The van der Waals surface area contributed by atoms with Gasteiger partial charge in [0, 0.05) is 23.2 Å². The maximum atomic E-state index is 12.7. The van der Waals surface area contributed by atoms with Crippen LogP contribution < -0.4 is 11.1 Å². The van der Waals surface area contributed by atoms with Crippen molar-refractivity contribution in [1.82, 2.24) is 4.90 Å². The summed E-state index contributed by atoms with van der Waals surface area (Å²) < 4.78 is 5.72. The molecular formula is C25H27N3O3. The predicted octanol–water partition coefficient (Wildman–Crippen LogP) is 3.55. The summed E-state index contributed by atoms with van der Waals surface area (Å²) in [6.45, 7) is 1.51. The molecule has 1 aromatic heterocycles. The molecule has 0 radical (unpaired) electrons. The Morgan fingerprint density at radius 3 is 2.81 bits per heavy atom. The van der Waals surface area contributed by atoms with Crippen molar-refractivity contribution >= 4 is 28.5 Å². The van der Waals surface area contributed by atoms with Crippen molar-refractivity contribution in [3.63, 3.8) is 0 Å². The molecule has 2 heterocycles. The number of carbonyl (C=O) groups is 2. The number of likely N-dealkylation sites (tertiary alicyclic amines) is 1. The molecule has 3 aromatic rings. The lowest BCUT2D eigenvalue weighted by Gasteiger charge is -2.22. The molecule has 160 valence electrons. The van der Waals surface area contributed by atoms with Crippen molar-refractivity contribution in [3.8, 4) is 0 Å². The number of nitrogens with zero attached hydrogens (tertiary/aromatic N) is 1. The number of primary amides is 1. The molecule has 31 heavy (non-hydrogen) atoms. The second kappa shape index (κ2) is 8.19. The van der Waals surface area contributed by atoms with Crippen molar-refractivity contribution in [2.24, 2.45) is 5.73 Å². The zero-order valence-electron chi connectivity index (χ0n) is 17.5. The maximum absolute atomic E-state index is 12.7. The Morgan fingerprint density at radius 1 is 1.13 bits per heavy atom. The molecule has 0 spiro atoms. The molecule has 5 rings (SSSR count). The molecule has 2 aliphatic rings. The molecule has 1 unspecified atom stereocenters. The number of rotatable bonds is 6. The quantitative estimate of drug-likeness (QED) is 0.642. The lowest BCUT2D eigenvalue weighted by Crippen LogP contribution is -2.39. The third-order valence-corrected chi connectivity index (χ3v) is 6.51. The fraction of sp³-hybridized carbons (Fsp3) is 0.360. The van der Waals surface area contributed by atoms with Gasteiger partial charge >= 0.3 is 0 Å². The van der Waals surface area contributed by atoms with Gasteiger partial charge in [0.1, 0.15) is 5.58 Å². The van der Waals surface area contributed by atoms with Crippen molar-refractivity contribution in [2.75, 3.05) is 11.9 Å². The second-order valence-electron chi connectivity index (χ2n) is 8.69. The van der Waals surface area contributed by atoms with Crippen molar-refractivity contribution in [2.45, 2.75) is 51.1 Å². The topological polar surface area (TPSA) is 88.6 Å². The highest BCUT2D eigenvalue weighted by molar-refractivity contribution is 5.95. The van der Waals surface area contributed by atoms with Gasteiger partial charge in [-0.1, -0.05) is 12.1 Å². The van der Waals surface area contributed by atoms with E-state index in [4.69, 9.17) is 10.2 Å². The van der Waals surface area contributed by atoms with E-state index < -0.39 is 0 Å². The van der Waals surface area contributed by atoms with Crippen LogP contribution in [0.1, 0.15) is 41.5 Å². The lowest BCUT2D eigenvalue weighted by molar-refractivity contribution is -0.122. The molecule has 2 amide bonds. The standard InChI is InChI=1S/C25H27N3O3/c26-25(30)22-8-3-9-28(22)14-16-4-1-7-20(10-16)27-24(29)13-19-15-31-23-12-18-6-2-5-17(18)11-21(19)23/h1,4,7,10-12,15,22H,2-3,5-6,8-9,13-14H2,(H2,26,30)(H,27,29). The number of nitrogens with one attached hydrogen (secondary N) is 1. The van der Waals surface area contributed by atoms with Gasteiger partial charge in [-0.15, -0.1) is 0 Å². The Labute approximate surface area is 181 Å². The third kappa shape index (κ3) is 4.08. The number of carbonyl (C=O) groups excluding carboxylic acids is 2. The first kappa shape index (κ1) is 19.8. The Hall–Kier alpha value is -3.12. The van der Waals surface area contributed by atoms with Crippen LogP contribution in [0.2, 0.25) is 0 Å². The SMILES string of the molecule is NC(=O)C1CCCN1Cc1cccc(NC(=O)Cc2coc3cc4c(cc23)CCC4)c1. The van der Waals surface area contributed by atoms with Gasteiger partial charge < -0.3 is 15.5 Å². The molecule has 1 saturated heterocycles. The summed E-state index contributed by atoms with van der Waals surface area (Å²) >= 11 is 0. The van der Waals surface area contributed by atoms with Crippen LogP contribution in [0.25, 0.3) is 11.0 Å². The average molecular weight is 418 g/mol. The highest BCUT2D eigenvalue weighted by Crippen LogP contribution is 2.30. The van der Waals surface area contributed by atoms with Crippen LogP contribution in [0.15, 0.2) is 47.1 Å². The molecule has 2 aromatic carbocycles. The van der Waals surface area contributed by atoms with E-state index >= 15 is 0 Å². The molecule has 0 saturated carbocycles. The van der Waals surface area contributed by atoms with Crippen LogP contribution in [0.5, 0.6) is 0 Å². The minimum absolute atomic E-state index is 0.0727. The molecule has 1 atom stereocenters. The highest BCUT2D eigenvalue weighted by Gasteiger charge is 2.28. The van der Waals surface area contributed by atoms with Gasteiger partial charge in [-0.05, 0) is 79.6 Å². The Kier molecular flexibility index (Phi) is 5.24. The summed E-state index contributed by atoms with van der Waals surface area (Å²) in [7, 11) is 0. The van der Waals surface area contributed by atoms with E-state index in [1.165, 1.54) is 17.5 Å². The number of amides is 2. The normalized spacial score (nSPS) is 18.4. The number of benzene rings is 2. The highest BCUT2D eigenvalue weighted by atomic mass is 16.3. The van der Waals surface area contributed by atoms with Crippen LogP contribution in [-0.2, 0) is 35.4 Å². The first-order chi connectivity index (χ1) is 15.1. The van der Waals surface area contributed by atoms with E-state index in [9.17, 15) is 9.59 Å². The smallest absolute Gasteiger partial charge is 0.234 e. The Morgan fingerprint density at radius 2 is 1.97 bits per heavy atom. The molecule has 1 fully saturated rings. The molecule has 6 heteroatoms. The van der Waals surface area contributed by atoms with Gasteiger partial charge in [0.2, 0.25) is 11.8 Å². The van der Waals surface area contributed by atoms with E-state index in [0.29, 0.717) is 6.54 Å². The van der Waals surface area contributed by atoms with Gasteiger partial charge in [-0.25, -0.2) is 0 Å².